The number of rotatable bonds is 55. The number of hydrogen-bond acceptors (Lipinski definition) is 6. The topological polar surface area (TPSA) is 78.9 Å². The molecule has 0 saturated carbocycles. The first-order valence-electron chi connectivity index (χ1n) is 29.5. The van der Waals surface area contributed by atoms with E-state index < -0.39 is 6.10 Å². The number of hydrogen-bond donors (Lipinski definition) is 0. The molecule has 0 rings (SSSR count). The molecule has 0 N–H and O–H groups in total. The molecule has 0 aliphatic rings. The van der Waals surface area contributed by atoms with E-state index in [1.54, 1.807) is 0 Å². The Morgan fingerprint density at radius 3 is 0.615 bits per heavy atom. The molecule has 0 aliphatic heterocycles. The summed E-state index contributed by atoms with van der Waals surface area (Å²) in [5, 5.41) is 0. The molecule has 0 radical (unpaired) electrons. The van der Waals surface area contributed by atoms with Crippen LogP contribution >= 0.6 is 0 Å². The SMILES string of the molecule is CCCCCCCCCCCCCCCCCCCCCC(=O)OC[C@H](COC(=O)CCCCCCCCCCCCCCCC)OC(=O)CCCCCCCCCCCCCCCC. The summed E-state index contributed by atoms with van der Waals surface area (Å²) >= 11 is 0. The highest BCUT2D eigenvalue weighted by atomic mass is 16.6. The van der Waals surface area contributed by atoms with E-state index in [-0.39, 0.29) is 31.1 Å². The zero-order chi connectivity index (χ0) is 47.2. The molecule has 65 heavy (non-hydrogen) atoms. The molecule has 0 fully saturated rings. The molecule has 0 aromatic heterocycles. The van der Waals surface area contributed by atoms with Crippen LogP contribution in [0.3, 0.4) is 0 Å². The maximum atomic E-state index is 12.8. The van der Waals surface area contributed by atoms with E-state index in [9.17, 15) is 14.4 Å². The fourth-order valence-corrected chi connectivity index (χ4v) is 9.15. The number of carbonyl (C=O) groups is 3. The van der Waals surface area contributed by atoms with Crippen molar-refractivity contribution in [2.75, 3.05) is 13.2 Å². The van der Waals surface area contributed by atoms with Crippen LogP contribution in [0.1, 0.15) is 342 Å². The summed E-state index contributed by atoms with van der Waals surface area (Å²) in [6, 6.07) is 0. The Morgan fingerprint density at radius 2 is 0.415 bits per heavy atom. The lowest BCUT2D eigenvalue weighted by Gasteiger charge is -2.18. The fraction of sp³-hybridized carbons (Fsp3) is 0.949. The zero-order valence-corrected chi connectivity index (χ0v) is 44.3. The van der Waals surface area contributed by atoms with Gasteiger partial charge in [0.05, 0.1) is 0 Å². The zero-order valence-electron chi connectivity index (χ0n) is 44.3. The number of esters is 3. The molecule has 0 bridgehead atoms. The second-order valence-corrected chi connectivity index (χ2v) is 20.3. The van der Waals surface area contributed by atoms with Crippen LogP contribution < -0.4 is 0 Å². The molecule has 0 unspecified atom stereocenters. The van der Waals surface area contributed by atoms with E-state index in [0.29, 0.717) is 19.3 Å². The van der Waals surface area contributed by atoms with E-state index in [2.05, 4.69) is 20.8 Å². The van der Waals surface area contributed by atoms with E-state index in [1.165, 1.54) is 244 Å². The molecule has 6 heteroatoms. The third-order valence-corrected chi connectivity index (χ3v) is 13.6. The van der Waals surface area contributed by atoms with Crippen LogP contribution in [0.15, 0.2) is 0 Å². The molecule has 0 heterocycles. The smallest absolute Gasteiger partial charge is 0.306 e. The molecule has 386 valence electrons. The molecule has 6 nitrogen and oxygen atoms in total. The monoisotopic (exact) mass is 919 g/mol. The molecular formula is C59H114O6. The molecule has 0 aromatic rings. The van der Waals surface area contributed by atoms with Crippen molar-refractivity contribution in [2.24, 2.45) is 0 Å². The van der Waals surface area contributed by atoms with Crippen LogP contribution in [-0.4, -0.2) is 37.2 Å². The summed E-state index contributed by atoms with van der Waals surface area (Å²) < 4.78 is 16.9. The van der Waals surface area contributed by atoms with E-state index in [4.69, 9.17) is 14.2 Å². The Bertz CT molecular complexity index is 967. The Kier molecular flexibility index (Phi) is 53.7. The van der Waals surface area contributed by atoms with Gasteiger partial charge in [-0.2, -0.15) is 0 Å². The molecule has 0 saturated heterocycles. The van der Waals surface area contributed by atoms with Gasteiger partial charge in [0.25, 0.3) is 0 Å². The Labute approximate surface area is 406 Å². The van der Waals surface area contributed by atoms with Crippen molar-refractivity contribution in [3.63, 3.8) is 0 Å². The predicted octanol–water partition coefficient (Wildman–Crippen LogP) is 19.5. The van der Waals surface area contributed by atoms with Gasteiger partial charge in [0, 0.05) is 19.3 Å². The Morgan fingerprint density at radius 1 is 0.246 bits per heavy atom. The van der Waals surface area contributed by atoms with Gasteiger partial charge in [-0.25, -0.2) is 0 Å². The maximum absolute atomic E-state index is 12.8. The van der Waals surface area contributed by atoms with E-state index in [1.807, 2.05) is 0 Å². The van der Waals surface area contributed by atoms with E-state index >= 15 is 0 Å². The van der Waals surface area contributed by atoms with Crippen LogP contribution in [0.4, 0.5) is 0 Å². The molecule has 1 atom stereocenters. The minimum absolute atomic E-state index is 0.0609. The third-order valence-electron chi connectivity index (χ3n) is 13.6. The normalized spacial score (nSPS) is 11.9. The van der Waals surface area contributed by atoms with Gasteiger partial charge in [-0.3, -0.25) is 14.4 Å². The van der Waals surface area contributed by atoms with Crippen molar-refractivity contribution in [2.45, 2.75) is 348 Å². The van der Waals surface area contributed by atoms with Gasteiger partial charge in [0.2, 0.25) is 0 Å². The van der Waals surface area contributed by atoms with E-state index in [0.717, 1.165) is 57.8 Å². The molecule has 0 amide bonds. The van der Waals surface area contributed by atoms with Crippen LogP contribution in [0.5, 0.6) is 0 Å². The second kappa shape index (κ2) is 55.0. The van der Waals surface area contributed by atoms with Crippen molar-refractivity contribution in [1.29, 1.82) is 0 Å². The lowest BCUT2D eigenvalue weighted by Crippen LogP contribution is -2.30. The Balaban J connectivity index is 4.26. The number of carbonyl (C=O) groups excluding carboxylic acids is 3. The molecule has 0 spiro atoms. The standard InChI is InChI=1S/C59H114O6/c1-4-7-10-13-16-19-22-25-28-29-30-31-32-35-37-40-43-46-49-52-58(61)64-55-56(65-59(62)53-50-47-44-41-38-34-27-24-21-18-15-12-9-6-3)54-63-57(60)51-48-45-42-39-36-33-26-23-20-17-14-11-8-5-2/h56H,4-55H2,1-3H3/t56-/m0/s1. The van der Waals surface area contributed by atoms with Crippen LogP contribution in [0.2, 0.25) is 0 Å². The number of unbranched alkanes of at least 4 members (excludes halogenated alkanes) is 44. The summed E-state index contributed by atoms with van der Waals surface area (Å²) in [5.41, 5.74) is 0. The first-order chi connectivity index (χ1) is 32.0. The highest BCUT2D eigenvalue weighted by Gasteiger charge is 2.19. The average Bonchev–Trinajstić information content (AvgIpc) is 3.30. The minimum Gasteiger partial charge on any atom is -0.462 e. The predicted molar refractivity (Wildman–Crippen MR) is 280 cm³/mol. The molecule has 0 aliphatic carbocycles. The maximum Gasteiger partial charge on any atom is 0.306 e. The highest BCUT2D eigenvalue weighted by molar-refractivity contribution is 5.71. The molecule has 0 aromatic carbocycles. The van der Waals surface area contributed by atoms with Crippen molar-refractivity contribution < 1.29 is 28.6 Å². The van der Waals surface area contributed by atoms with Crippen LogP contribution in [0, 0.1) is 0 Å². The summed E-state index contributed by atoms with van der Waals surface area (Å²) in [6.07, 6.45) is 60.9. The van der Waals surface area contributed by atoms with Crippen molar-refractivity contribution in [3.05, 3.63) is 0 Å². The quantitative estimate of drug-likeness (QED) is 0.0344. The third kappa shape index (κ3) is 53.2. The first-order valence-corrected chi connectivity index (χ1v) is 29.5. The van der Waals surface area contributed by atoms with Crippen LogP contribution in [0.25, 0.3) is 0 Å². The van der Waals surface area contributed by atoms with Gasteiger partial charge in [0.15, 0.2) is 6.10 Å². The lowest BCUT2D eigenvalue weighted by molar-refractivity contribution is -0.167. The van der Waals surface area contributed by atoms with Crippen LogP contribution in [-0.2, 0) is 28.6 Å². The summed E-state index contributed by atoms with van der Waals surface area (Å²) in [6.45, 7) is 6.71. The van der Waals surface area contributed by atoms with Gasteiger partial charge < -0.3 is 14.2 Å². The van der Waals surface area contributed by atoms with Gasteiger partial charge >= 0.3 is 17.9 Å². The average molecular weight is 920 g/mol. The fourth-order valence-electron chi connectivity index (χ4n) is 9.15. The first kappa shape index (κ1) is 63.4. The van der Waals surface area contributed by atoms with Crippen molar-refractivity contribution in [3.8, 4) is 0 Å². The van der Waals surface area contributed by atoms with Gasteiger partial charge in [-0.1, -0.05) is 303 Å². The minimum atomic E-state index is -0.761. The molecular weight excluding hydrogens is 805 g/mol. The lowest BCUT2D eigenvalue weighted by atomic mass is 10.0. The van der Waals surface area contributed by atoms with Gasteiger partial charge in [-0.05, 0) is 19.3 Å². The largest absolute Gasteiger partial charge is 0.462 e. The van der Waals surface area contributed by atoms with Crippen molar-refractivity contribution in [1.82, 2.24) is 0 Å². The van der Waals surface area contributed by atoms with Gasteiger partial charge in [-0.15, -0.1) is 0 Å². The number of ether oxygens (including phenoxy) is 3. The second-order valence-electron chi connectivity index (χ2n) is 20.3. The summed E-state index contributed by atoms with van der Waals surface area (Å²) in [5.74, 6) is -0.831. The van der Waals surface area contributed by atoms with Gasteiger partial charge in [0.1, 0.15) is 13.2 Å². The highest BCUT2D eigenvalue weighted by Crippen LogP contribution is 2.18. The summed E-state index contributed by atoms with van der Waals surface area (Å²) in [4.78, 5) is 38.1. The Hall–Kier alpha value is -1.59. The summed E-state index contributed by atoms with van der Waals surface area (Å²) in [7, 11) is 0. The van der Waals surface area contributed by atoms with Crippen molar-refractivity contribution >= 4 is 17.9 Å².